The van der Waals surface area contributed by atoms with Crippen LogP contribution >= 0.6 is 11.3 Å². The van der Waals surface area contributed by atoms with Crippen molar-refractivity contribution in [2.24, 2.45) is 5.41 Å². The molecule has 0 atom stereocenters. The molecule has 1 N–H and O–H groups in total. The van der Waals surface area contributed by atoms with Crippen molar-refractivity contribution in [3.8, 4) is 11.1 Å². The highest BCUT2D eigenvalue weighted by atomic mass is 32.1. The van der Waals surface area contributed by atoms with Crippen LogP contribution < -0.4 is 5.32 Å². The number of hydrogen-bond donors (Lipinski definition) is 1. The number of nitrogens with zero attached hydrogens (tertiary/aromatic N) is 4. The molecule has 1 spiro atoms. The molecule has 0 unspecified atom stereocenters. The van der Waals surface area contributed by atoms with Crippen molar-refractivity contribution < 1.29 is 13.9 Å². The number of pyridine rings is 1. The van der Waals surface area contributed by atoms with Gasteiger partial charge < -0.3 is 15.0 Å². The summed E-state index contributed by atoms with van der Waals surface area (Å²) in [6, 6.07) is 19.4. The molecule has 0 aliphatic carbocycles. The lowest BCUT2D eigenvalue weighted by molar-refractivity contribution is -0.115. The highest BCUT2D eigenvalue weighted by Gasteiger charge is 2.53. The van der Waals surface area contributed by atoms with Gasteiger partial charge in [0.1, 0.15) is 11.4 Å². The van der Waals surface area contributed by atoms with Gasteiger partial charge in [-0.15, -0.1) is 11.3 Å². The van der Waals surface area contributed by atoms with Crippen molar-refractivity contribution in [1.29, 1.82) is 0 Å². The number of nitrogens with one attached hydrogen (secondary N) is 1. The molecular formula is C33H32FN5O2S. The molecule has 2 aliphatic heterocycles. The third-order valence-corrected chi connectivity index (χ3v) is 8.73. The van der Waals surface area contributed by atoms with Crippen LogP contribution in [-0.2, 0) is 11.3 Å². The Morgan fingerprint density at radius 2 is 1.83 bits per heavy atom. The van der Waals surface area contributed by atoms with E-state index in [0.717, 1.165) is 69.8 Å². The van der Waals surface area contributed by atoms with Crippen molar-refractivity contribution in [1.82, 2.24) is 19.8 Å². The fourth-order valence-corrected chi connectivity index (χ4v) is 6.76. The zero-order valence-electron chi connectivity index (χ0n) is 23.9. The number of carbonyl (C=O) groups excluding carboxylic acids is 1. The molecule has 1 amide bonds. The molecule has 4 heterocycles. The molecular weight excluding hydrogens is 549 g/mol. The number of rotatable bonds is 5. The first-order valence-corrected chi connectivity index (χ1v) is 15.0. The monoisotopic (exact) mass is 581 g/mol. The van der Waals surface area contributed by atoms with E-state index in [1.165, 1.54) is 0 Å². The lowest BCUT2D eigenvalue weighted by atomic mass is 9.73. The first-order valence-electron chi connectivity index (χ1n) is 14.1. The summed E-state index contributed by atoms with van der Waals surface area (Å²) in [5, 5.41) is 4.42. The first-order chi connectivity index (χ1) is 20.1. The number of benzene rings is 3. The van der Waals surface area contributed by atoms with Crippen molar-refractivity contribution in [2.45, 2.75) is 32.9 Å². The normalized spacial score (nSPS) is 16.4. The van der Waals surface area contributed by atoms with Gasteiger partial charge in [-0.3, -0.25) is 9.88 Å². The first kappa shape index (κ1) is 26.8. The Balaban J connectivity index is 1.03. The fourth-order valence-electron chi connectivity index (χ4n) is 6.10. The molecule has 0 radical (unpaired) electrons. The molecule has 2 aromatic heterocycles. The van der Waals surface area contributed by atoms with Crippen molar-refractivity contribution in [3.05, 3.63) is 83.8 Å². The van der Waals surface area contributed by atoms with Crippen LogP contribution in [0.1, 0.15) is 26.3 Å². The molecule has 9 heteroatoms. The van der Waals surface area contributed by atoms with Gasteiger partial charge in [-0.05, 0) is 74.4 Å². The molecule has 214 valence electrons. The van der Waals surface area contributed by atoms with Gasteiger partial charge in [-0.1, -0.05) is 18.2 Å². The second kappa shape index (κ2) is 10.0. The van der Waals surface area contributed by atoms with Crippen LogP contribution in [0.3, 0.4) is 0 Å². The van der Waals surface area contributed by atoms with Crippen LogP contribution in [0.4, 0.5) is 20.6 Å². The number of anilines is 2. The quantitative estimate of drug-likeness (QED) is 0.233. The highest BCUT2D eigenvalue weighted by molar-refractivity contribution is 7.16. The summed E-state index contributed by atoms with van der Waals surface area (Å²) in [7, 11) is 0. The Morgan fingerprint density at radius 3 is 2.62 bits per heavy atom. The molecule has 0 saturated carbocycles. The summed E-state index contributed by atoms with van der Waals surface area (Å²) in [6.45, 7) is 9.58. The van der Waals surface area contributed by atoms with Crippen molar-refractivity contribution >= 4 is 49.9 Å². The zero-order chi connectivity index (χ0) is 29.1. The second-order valence-electron chi connectivity index (χ2n) is 12.5. The van der Waals surface area contributed by atoms with E-state index in [1.54, 1.807) is 28.5 Å². The Morgan fingerprint density at radius 1 is 1.00 bits per heavy atom. The fraction of sp³-hybridized carbons (Fsp3) is 0.303. The summed E-state index contributed by atoms with van der Waals surface area (Å²) >= 11 is 1.62. The molecule has 5 aromatic rings. The lowest BCUT2D eigenvalue weighted by Crippen LogP contribution is -2.72. The van der Waals surface area contributed by atoms with Gasteiger partial charge in [0.2, 0.25) is 0 Å². The minimum absolute atomic E-state index is 0.145. The summed E-state index contributed by atoms with van der Waals surface area (Å²) in [4.78, 5) is 25.3. The standard InChI is InChI=1S/C33H32FN5O2S/c1-32(2,3)41-31(40)39-18-33(19-39)16-38(17-33)15-21-4-7-24(26(34)12-21)22-5-8-27-25(13-22)28(10-11-35-27)37-23-6-9-30-29(14-23)36-20-42-30/h4-14,20H,15-19H2,1-3H3,(H,35,37). The van der Waals surface area contributed by atoms with Gasteiger partial charge in [0.25, 0.3) is 0 Å². The summed E-state index contributed by atoms with van der Waals surface area (Å²) in [5.41, 5.74) is 7.45. The largest absolute Gasteiger partial charge is 0.444 e. The highest BCUT2D eigenvalue weighted by Crippen LogP contribution is 2.41. The molecule has 7 nitrogen and oxygen atoms in total. The van der Waals surface area contributed by atoms with Gasteiger partial charge in [0.05, 0.1) is 21.2 Å². The van der Waals surface area contributed by atoms with Crippen LogP contribution in [-0.4, -0.2) is 57.6 Å². The predicted octanol–water partition coefficient (Wildman–Crippen LogP) is 7.45. The number of ether oxygens (including phenoxy) is 1. The van der Waals surface area contributed by atoms with E-state index in [0.29, 0.717) is 12.1 Å². The van der Waals surface area contributed by atoms with Crippen molar-refractivity contribution in [2.75, 3.05) is 31.5 Å². The zero-order valence-corrected chi connectivity index (χ0v) is 24.7. The maximum absolute atomic E-state index is 15.5. The van der Waals surface area contributed by atoms with E-state index < -0.39 is 5.60 Å². The number of fused-ring (bicyclic) bond motifs is 2. The molecule has 2 aliphatic rings. The average molecular weight is 582 g/mol. The Bertz CT molecular complexity index is 1820. The second-order valence-corrected chi connectivity index (χ2v) is 13.4. The van der Waals surface area contributed by atoms with Gasteiger partial charge in [-0.2, -0.15) is 0 Å². The number of aromatic nitrogens is 2. The van der Waals surface area contributed by atoms with E-state index in [4.69, 9.17) is 4.74 Å². The van der Waals surface area contributed by atoms with Crippen LogP contribution in [0.2, 0.25) is 0 Å². The predicted molar refractivity (Wildman–Crippen MR) is 166 cm³/mol. The summed E-state index contributed by atoms with van der Waals surface area (Å²) in [5.74, 6) is -0.241. The minimum Gasteiger partial charge on any atom is -0.444 e. The molecule has 3 aromatic carbocycles. The van der Waals surface area contributed by atoms with E-state index in [-0.39, 0.29) is 17.3 Å². The number of thiazole rings is 1. The number of hydrogen-bond acceptors (Lipinski definition) is 7. The maximum Gasteiger partial charge on any atom is 0.410 e. The van der Waals surface area contributed by atoms with Gasteiger partial charge in [0.15, 0.2) is 0 Å². The molecule has 42 heavy (non-hydrogen) atoms. The Hall–Kier alpha value is -4.08. The lowest BCUT2D eigenvalue weighted by Gasteiger charge is -2.60. The molecule has 2 saturated heterocycles. The van der Waals surface area contributed by atoms with Gasteiger partial charge >= 0.3 is 6.09 Å². The topological polar surface area (TPSA) is 70.6 Å². The van der Waals surface area contributed by atoms with Crippen LogP contribution in [0.15, 0.2) is 72.4 Å². The molecule has 2 fully saturated rings. The number of halogens is 1. The van der Waals surface area contributed by atoms with Crippen molar-refractivity contribution in [3.63, 3.8) is 0 Å². The third kappa shape index (κ3) is 5.18. The van der Waals surface area contributed by atoms with E-state index in [2.05, 4.69) is 26.3 Å². The third-order valence-electron chi connectivity index (χ3n) is 7.92. The SMILES string of the molecule is CC(C)(C)OC(=O)N1CC2(CN(Cc3ccc(-c4ccc5nccc(Nc6ccc7scnc7c6)c5c4)c(F)c3)C2)C1. The van der Waals surface area contributed by atoms with Gasteiger partial charge in [-0.25, -0.2) is 14.2 Å². The van der Waals surface area contributed by atoms with E-state index >= 15 is 4.39 Å². The number of carbonyl (C=O) groups is 1. The number of likely N-dealkylation sites (tertiary alicyclic amines) is 2. The van der Waals surface area contributed by atoms with Crippen LogP contribution in [0, 0.1) is 11.2 Å². The Labute approximate surface area is 248 Å². The van der Waals surface area contributed by atoms with Crippen LogP contribution in [0.5, 0.6) is 0 Å². The minimum atomic E-state index is -0.484. The maximum atomic E-state index is 15.5. The van der Waals surface area contributed by atoms with Gasteiger partial charge in [0, 0.05) is 66.7 Å². The van der Waals surface area contributed by atoms with E-state index in [9.17, 15) is 4.79 Å². The average Bonchev–Trinajstić information content (AvgIpc) is 3.36. The van der Waals surface area contributed by atoms with E-state index in [1.807, 2.05) is 74.8 Å². The summed E-state index contributed by atoms with van der Waals surface area (Å²) in [6.07, 6.45) is 1.54. The summed E-state index contributed by atoms with van der Waals surface area (Å²) < 4.78 is 22.1. The Kier molecular flexibility index (Phi) is 6.40. The molecule has 7 rings (SSSR count). The molecule has 0 bridgehead atoms. The number of amides is 1. The smallest absolute Gasteiger partial charge is 0.410 e. The van der Waals surface area contributed by atoms with Crippen LogP contribution in [0.25, 0.3) is 32.2 Å².